The first-order chi connectivity index (χ1) is 13.1. The number of benzene rings is 1. The van der Waals surface area contributed by atoms with Crippen LogP contribution in [0.5, 0.6) is 11.5 Å². The molecule has 2 aliphatic heterocycles. The summed E-state index contributed by atoms with van der Waals surface area (Å²) in [6.45, 7) is 1.69. The Hall–Kier alpha value is -2.63. The van der Waals surface area contributed by atoms with Gasteiger partial charge in [-0.2, -0.15) is 0 Å². The van der Waals surface area contributed by atoms with Crippen molar-refractivity contribution in [2.45, 2.75) is 56.9 Å². The van der Waals surface area contributed by atoms with E-state index in [4.69, 9.17) is 9.47 Å². The van der Waals surface area contributed by atoms with Crippen molar-refractivity contribution in [3.63, 3.8) is 0 Å². The van der Waals surface area contributed by atoms with Gasteiger partial charge in [-0.3, -0.25) is 9.78 Å². The van der Waals surface area contributed by atoms with E-state index in [0.29, 0.717) is 0 Å². The summed E-state index contributed by atoms with van der Waals surface area (Å²) < 4.78 is 25.5. The van der Waals surface area contributed by atoms with E-state index in [-0.39, 0.29) is 29.8 Å². The van der Waals surface area contributed by atoms with Gasteiger partial charge < -0.3 is 14.4 Å². The van der Waals surface area contributed by atoms with E-state index in [0.717, 1.165) is 31.4 Å². The Balaban J connectivity index is 1.40. The Kier molecular flexibility index (Phi) is 4.97. The number of ether oxygens (including phenoxy) is 2. The van der Waals surface area contributed by atoms with Crippen LogP contribution in [0.3, 0.4) is 0 Å². The molecule has 0 aliphatic carbocycles. The summed E-state index contributed by atoms with van der Waals surface area (Å²) in [6, 6.07) is 10.2. The van der Waals surface area contributed by atoms with Gasteiger partial charge in [0.2, 0.25) is 0 Å². The number of carbonyl (C=O) groups excluding carboxylic acids is 1. The minimum atomic E-state index is -0.721. The average molecular weight is 370 g/mol. The van der Waals surface area contributed by atoms with E-state index in [1.54, 1.807) is 37.5 Å². The fraction of sp³-hybridized carbons (Fsp3) is 0.429. The van der Waals surface area contributed by atoms with Crippen LogP contribution in [0.4, 0.5) is 4.39 Å². The number of para-hydroxylation sites is 1. The molecule has 2 aliphatic rings. The molecule has 2 aromatic rings. The van der Waals surface area contributed by atoms with Crippen molar-refractivity contribution in [1.29, 1.82) is 0 Å². The Morgan fingerprint density at radius 2 is 1.93 bits per heavy atom. The van der Waals surface area contributed by atoms with E-state index in [1.807, 2.05) is 17.0 Å². The number of halogens is 1. The van der Waals surface area contributed by atoms with Crippen LogP contribution in [-0.2, 0) is 4.79 Å². The largest absolute Gasteiger partial charge is 0.489 e. The fourth-order valence-electron chi connectivity index (χ4n) is 4.18. The zero-order chi connectivity index (χ0) is 18.8. The number of amides is 1. The minimum Gasteiger partial charge on any atom is -0.489 e. The summed E-state index contributed by atoms with van der Waals surface area (Å²) in [7, 11) is 0. The van der Waals surface area contributed by atoms with Gasteiger partial charge in [0.1, 0.15) is 11.9 Å². The standard InChI is InChI=1S/C21H23FN2O3/c1-14(26-20-7-3-2-6-19(20)22)21(25)24-15-8-9-16(24)12-18(11-15)27-17-5-4-10-23-13-17/h2-7,10,13-16,18H,8-9,11-12H2,1H3. The summed E-state index contributed by atoms with van der Waals surface area (Å²) in [4.78, 5) is 19.0. The Bertz CT molecular complexity index is 787. The summed E-state index contributed by atoms with van der Waals surface area (Å²) in [5.41, 5.74) is 0. The van der Waals surface area contributed by atoms with Crippen LogP contribution in [0.2, 0.25) is 0 Å². The van der Waals surface area contributed by atoms with Crippen molar-refractivity contribution in [3.05, 3.63) is 54.6 Å². The van der Waals surface area contributed by atoms with Crippen LogP contribution in [0.1, 0.15) is 32.6 Å². The third-order valence-corrected chi connectivity index (χ3v) is 5.37. The molecule has 27 heavy (non-hydrogen) atoms. The highest BCUT2D eigenvalue weighted by molar-refractivity contribution is 5.82. The number of piperidine rings is 1. The third-order valence-electron chi connectivity index (χ3n) is 5.37. The molecule has 0 N–H and O–H groups in total. The highest BCUT2D eigenvalue weighted by Gasteiger charge is 2.45. The first-order valence-electron chi connectivity index (χ1n) is 9.42. The molecule has 142 valence electrons. The van der Waals surface area contributed by atoms with Crippen LogP contribution in [0.15, 0.2) is 48.8 Å². The van der Waals surface area contributed by atoms with Crippen molar-refractivity contribution in [2.24, 2.45) is 0 Å². The second-order valence-electron chi connectivity index (χ2n) is 7.22. The van der Waals surface area contributed by atoms with Gasteiger partial charge in [0.05, 0.1) is 6.20 Å². The monoisotopic (exact) mass is 370 g/mol. The van der Waals surface area contributed by atoms with Gasteiger partial charge in [0.15, 0.2) is 17.7 Å². The lowest BCUT2D eigenvalue weighted by atomic mass is 9.99. The first-order valence-corrected chi connectivity index (χ1v) is 9.42. The highest BCUT2D eigenvalue weighted by Crippen LogP contribution is 2.38. The van der Waals surface area contributed by atoms with E-state index in [1.165, 1.54) is 6.07 Å². The van der Waals surface area contributed by atoms with Gasteiger partial charge >= 0.3 is 0 Å². The second-order valence-corrected chi connectivity index (χ2v) is 7.22. The topological polar surface area (TPSA) is 51.7 Å². The lowest BCUT2D eigenvalue weighted by molar-refractivity contribution is -0.144. The lowest BCUT2D eigenvalue weighted by Crippen LogP contribution is -2.52. The summed E-state index contributed by atoms with van der Waals surface area (Å²) in [5.74, 6) is 0.340. The molecule has 1 amide bonds. The van der Waals surface area contributed by atoms with Gasteiger partial charge in [0, 0.05) is 31.1 Å². The van der Waals surface area contributed by atoms with Crippen LogP contribution < -0.4 is 9.47 Å². The SMILES string of the molecule is CC(Oc1ccccc1F)C(=O)N1C2CCC1CC(Oc1cccnc1)C2. The molecule has 3 atom stereocenters. The van der Waals surface area contributed by atoms with Gasteiger partial charge in [-0.15, -0.1) is 0 Å². The van der Waals surface area contributed by atoms with E-state index >= 15 is 0 Å². The van der Waals surface area contributed by atoms with E-state index in [2.05, 4.69) is 4.98 Å². The molecule has 2 fully saturated rings. The van der Waals surface area contributed by atoms with E-state index < -0.39 is 11.9 Å². The van der Waals surface area contributed by atoms with Gasteiger partial charge in [0.25, 0.3) is 5.91 Å². The number of nitrogens with zero attached hydrogens (tertiary/aromatic N) is 2. The first kappa shape index (κ1) is 17.8. The Morgan fingerprint density at radius 1 is 1.19 bits per heavy atom. The molecular weight excluding hydrogens is 347 g/mol. The normalized spacial score (nSPS) is 25.1. The molecule has 5 nitrogen and oxygen atoms in total. The van der Waals surface area contributed by atoms with Crippen LogP contribution in [0.25, 0.3) is 0 Å². The summed E-state index contributed by atoms with van der Waals surface area (Å²) in [6.07, 6.45) is 6.32. The molecular formula is C21H23FN2O3. The number of aromatic nitrogens is 1. The molecule has 0 radical (unpaired) electrons. The maximum atomic E-state index is 13.8. The molecule has 0 spiro atoms. The van der Waals surface area contributed by atoms with Gasteiger partial charge in [-0.1, -0.05) is 12.1 Å². The minimum absolute atomic E-state index is 0.0782. The van der Waals surface area contributed by atoms with Crippen molar-refractivity contribution < 1.29 is 18.7 Å². The number of pyridine rings is 1. The second kappa shape index (κ2) is 7.55. The Morgan fingerprint density at radius 3 is 2.59 bits per heavy atom. The zero-order valence-electron chi connectivity index (χ0n) is 15.3. The molecule has 3 heterocycles. The predicted octanol–water partition coefficient (Wildman–Crippen LogP) is 3.59. The average Bonchev–Trinajstić information content (AvgIpc) is 2.94. The number of hydrogen-bond acceptors (Lipinski definition) is 4. The van der Waals surface area contributed by atoms with Crippen molar-refractivity contribution in [1.82, 2.24) is 9.88 Å². The van der Waals surface area contributed by atoms with Crippen LogP contribution in [-0.4, -0.2) is 40.1 Å². The Labute approximate surface area is 158 Å². The van der Waals surface area contributed by atoms with Crippen molar-refractivity contribution >= 4 is 5.91 Å². The van der Waals surface area contributed by atoms with Crippen LogP contribution >= 0.6 is 0 Å². The van der Waals surface area contributed by atoms with Crippen molar-refractivity contribution in [2.75, 3.05) is 0 Å². The summed E-state index contributed by atoms with van der Waals surface area (Å²) in [5, 5.41) is 0. The third kappa shape index (κ3) is 3.75. The summed E-state index contributed by atoms with van der Waals surface area (Å²) >= 11 is 0. The van der Waals surface area contributed by atoms with Crippen LogP contribution in [0, 0.1) is 5.82 Å². The maximum absolute atomic E-state index is 13.8. The zero-order valence-corrected chi connectivity index (χ0v) is 15.3. The number of carbonyl (C=O) groups is 1. The molecule has 3 unspecified atom stereocenters. The maximum Gasteiger partial charge on any atom is 0.263 e. The molecule has 2 saturated heterocycles. The fourth-order valence-corrected chi connectivity index (χ4v) is 4.18. The molecule has 1 aromatic heterocycles. The lowest BCUT2D eigenvalue weighted by Gasteiger charge is -2.40. The van der Waals surface area contributed by atoms with Crippen molar-refractivity contribution in [3.8, 4) is 11.5 Å². The molecule has 0 saturated carbocycles. The number of hydrogen-bond donors (Lipinski definition) is 0. The molecule has 2 bridgehead atoms. The number of rotatable bonds is 5. The predicted molar refractivity (Wildman–Crippen MR) is 98.0 cm³/mol. The quantitative estimate of drug-likeness (QED) is 0.807. The molecule has 1 aromatic carbocycles. The molecule has 6 heteroatoms. The van der Waals surface area contributed by atoms with Gasteiger partial charge in [-0.25, -0.2) is 4.39 Å². The van der Waals surface area contributed by atoms with E-state index in [9.17, 15) is 9.18 Å². The highest BCUT2D eigenvalue weighted by atomic mass is 19.1. The number of fused-ring (bicyclic) bond motifs is 2. The smallest absolute Gasteiger partial charge is 0.263 e. The van der Waals surface area contributed by atoms with Gasteiger partial charge in [-0.05, 0) is 44.0 Å². The molecule has 4 rings (SSSR count).